The van der Waals surface area contributed by atoms with Gasteiger partial charge in [-0.25, -0.2) is 9.79 Å². The van der Waals surface area contributed by atoms with Crippen molar-refractivity contribution < 1.29 is 23.4 Å². The quantitative estimate of drug-likeness (QED) is 0.272. The largest absolute Gasteiger partial charge is 0.465 e. The predicted octanol–water partition coefficient (Wildman–Crippen LogP) is 2.26. The van der Waals surface area contributed by atoms with Crippen molar-refractivity contribution in [3.63, 3.8) is 0 Å². The first-order chi connectivity index (χ1) is 13.6. The van der Waals surface area contributed by atoms with Crippen LogP contribution in [0.3, 0.4) is 0 Å². The van der Waals surface area contributed by atoms with Crippen molar-refractivity contribution >= 4 is 11.9 Å². The van der Waals surface area contributed by atoms with E-state index in [0.29, 0.717) is 35.5 Å². The van der Waals surface area contributed by atoms with Gasteiger partial charge in [0.2, 0.25) is 0 Å². The van der Waals surface area contributed by atoms with Gasteiger partial charge in [-0.2, -0.15) is 0 Å². The number of carbonyl (C=O) groups is 1. The molecule has 8 nitrogen and oxygen atoms in total. The number of hydrogen-bond acceptors (Lipinski definition) is 6. The van der Waals surface area contributed by atoms with E-state index in [2.05, 4.69) is 15.6 Å². The summed E-state index contributed by atoms with van der Waals surface area (Å²) in [5.74, 6) is 2.10. The van der Waals surface area contributed by atoms with E-state index in [1.807, 2.05) is 6.92 Å². The van der Waals surface area contributed by atoms with E-state index in [1.54, 1.807) is 13.0 Å². The number of ether oxygens (including phenoxy) is 3. The molecule has 8 heteroatoms. The summed E-state index contributed by atoms with van der Waals surface area (Å²) in [7, 11) is 1.35. The van der Waals surface area contributed by atoms with Crippen molar-refractivity contribution in [1.29, 1.82) is 0 Å². The van der Waals surface area contributed by atoms with Gasteiger partial charge in [0.1, 0.15) is 23.6 Å². The number of nitrogens with zero attached hydrogens (tertiary/aromatic N) is 1. The number of aliphatic imine (C=N–C) groups is 1. The molecule has 2 rings (SSSR count). The first kappa shape index (κ1) is 22.2. The lowest BCUT2D eigenvalue weighted by molar-refractivity contribution is 0.0203. The first-order valence-corrected chi connectivity index (χ1v) is 9.99. The SMILES string of the molecule is CCNC(=NCc1cc(C(=O)OC)c(C)o1)NCCCOCC1CCOCC1. The van der Waals surface area contributed by atoms with Crippen molar-refractivity contribution in [2.45, 2.75) is 39.7 Å². The second kappa shape index (κ2) is 12.4. The summed E-state index contributed by atoms with van der Waals surface area (Å²) < 4.78 is 21.5. The highest BCUT2D eigenvalue weighted by molar-refractivity contribution is 5.90. The van der Waals surface area contributed by atoms with Crippen LogP contribution in [0.5, 0.6) is 0 Å². The molecule has 28 heavy (non-hydrogen) atoms. The smallest absolute Gasteiger partial charge is 0.341 e. The molecule has 1 fully saturated rings. The maximum atomic E-state index is 11.7. The van der Waals surface area contributed by atoms with Gasteiger partial charge in [-0.05, 0) is 45.1 Å². The molecule has 1 saturated heterocycles. The summed E-state index contributed by atoms with van der Waals surface area (Å²) in [5, 5.41) is 6.49. The average Bonchev–Trinajstić information content (AvgIpc) is 3.09. The van der Waals surface area contributed by atoms with E-state index in [1.165, 1.54) is 7.11 Å². The Bertz CT molecular complexity index is 623. The molecular weight excluding hydrogens is 362 g/mol. The molecule has 2 heterocycles. The van der Waals surface area contributed by atoms with E-state index in [0.717, 1.165) is 58.8 Å². The highest BCUT2D eigenvalue weighted by Gasteiger charge is 2.15. The Balaban J connectivity index is 1.70. The summed E-state index contributed by atoms with van der Waals surface area (Å²) in [6, 6.07) is 1.68. The molecule has 0 atom stereocenters. The van der Waals surface area contributed by atoms with Crippen LogP contribution in [-0.4, -0.2) is 58.6 Å². The average molecular weight is 396 g/mol. The van der Waals surface area contributed by atoms with Gasteiger partial charge in [0.15, 0.2) is 5.96 Å². The monoisotopic (exact) mass is 395 g/mol. The van der Waals surface area contributed by atoms with Gasteiger partial charge in [-0.1, -0.05) is 0 Å². The number of carbonyl (C=O) groups excluding carboxylic acids is 1. The lowest BCUT2D eigenvalue weighted by Crippen LogP contribution is -2.38. The van der Waals surface area contributed by atoms with E-state index >= 15 is 0 Å². The van der Waals surface area contributed by atoms with Crippen molar-refractivity contribution in [2.75, 3.05) is 46.6 Å². The first-order valence-electron chi connectivity index (χ1n) is 9.99. The van der Waals surface area contributed by atoms with Gasteiger partial charge in [0.05, 0.1) is 7.11 Å². The van der Waals surface area contributed by atoms with E-state index in [4.69, 9.17) is 18.6 Å². The molecule has 0 saturated carbocycles. The summed E-state index contributed by atoms with van der Waals surface area (Å²) in [5.41, 5.74) is 0.437. The minimum atomic E-state index is -0.401. The summed E-state index contributed by atoms with van der Waals surface area (Å²) in [6.45, 7) is 8.88. The van der Waals surface area contributed by atoms with Crippen LogP contribution in [0.25, 0.3) is 0 Å². The predicted molar refractivity (Wildman–Crippen MR) is 107 cm³/mol. The zero-order valence-corrected chi connectivity index (χ0v) is 17.2. The number of nitrogens with one attached hydrogen (secondary N) is 2. The Morgan fingerprint density at radius 3 is 2.82 bits per heavy atom. The molecule has 0 aromatic carbocycles. The Kier molecular flexibility index (Phi) is 9.85. The minimum absolute atomic E-state index is 0.341. The zero-order chi connectivity index (χ0) is 20.2. The molecule has 0 aliphatic carbocycles. The third-order valence-electron chi connectivity index (χ3n) is 4.56. The van der Waals surface area contributed by atoms with Gasteiger partial charge in [0.25, 0.3) is 0 Å². The van der Waals surface area contributed by atoms with Gasteiger partial charge in [-0.15, -0.1) is 0 Å². The number of esters is 1. The Hall–Kier alpha value is -2.06. The number of guanidine groups is 1. The van der Waals surface area contributed by atoms with Gasteiger partial charge < -0.3 is 29.3 Å². The Labute approximate surface area is 167 Å². The highest BCUT2D eigenvalue weighted by Crippen LogP contribution is 2.16. The molecule has 0 bridgehead atoms. The molecule has 0 amide bonds. The van der Waals surface area contributed by atoms with Crippen molar-refractivity contribution in [3.05, 3.63) is 23.2 Å². The lowest BCUT2D eigenvalue weighted by Gasteiger charge is -2.21. The van der Waals surface area contributed by atoms with Crippen LogP contribution in [0.4, 0.5) is 0 Å². The zero-order valence-electron chi connectivity index (χ0n) is 17.2. The molecule has 1 aliphatic heterocycles. The molecular formula is C20H33N3O5. The molecule has 1 aromatic heterocycles. The van der Waals surface area contributed by atoms with Crippen LogP contribution >= 0.6 is 0 Å². The van der Waals surface area contributed by atoms with Crippen molar-refractivity contribution in [1.82, 2.24) is 10.6 Å². The van der Waals surface area contributed by atoms with E-state index < -0.39 is 5.97 Å². The van der Waals surface area contributed by atoms with Crippen LogP contribution in [0.15, 0.2) is 15.5 Å². The topological polar surface area (TPSA) is 94.3 Å². The second-order valence-corrected chi connectivity index (χ2v) is 6.78. The van der Waals surface area contributed by atoms with Crippen LogP contribution in [0, 0.1) is 12.8 Å². The maximum absolute atomic E-state index is 11.7. The molecule has 158 valence electrons. The lowest BCUT2D eigenvalue weighted by atomic mass is 10.0. The normalized spacial score (nSPS) is 15.5. The summed E-state index contributed by atoms with van der Waals surface area (Å²) in [4.78, 5) is 16.2. The number of rotatable bonds is 10. The molecule has 0 radical (unpaired) electrons. The third kappa shape index (κ3) is 7.52. The van der Waals surface area contributed by atoms with Gasteiger partial charge >= 0.3 is 5.97 Å². The fourth-order valence-electron chi connectivity index (χ4n) is 2.98. The summed E-state index contributed by atoms with van der Waals surface area (Å²) in [6.07, 6.45) is 3.10. The standard InChI is InChI=1S/C20H33N3O5/c1-4-21-20(22-8-5-9-27-14-16-6-10-26-11-7-16)23-13-17-12-18(15(2)28-17)19(24)25-3/h12,16H,4-11,13-14H2,1-3H3,(H2,21,22,23). The third-order valence-corrected chi connectivity index (χ3v) is 4.56. The van der Waals surface area contributed by atoms with Gasteiger partial charge in [-0.3, -0.25) is 0 Å². The van der Waals surface area contributed by atoms with Crippen LogP contribution in [0.1, 0.15) is 48.1 Å². The van der Waals surface area contributed by atoms with E-state index in [9.17, 15) is 4.79 Å². The van der Waals surface area contributed by atoms with E-state index in [-0.39, 0.29) is 0 Å². The number of methoxy groups -OCH3 is 1. The Morgan fingerprint density at radius 1 is 1.32 bits per heavy atom. The second-order valence-electron chi connectivity index (χ2n) is 6.78. The molecule has 0 spiro atoms. The fraction of sp³-hybridized carbons (Fsp3) is 0.700. The van der Waals surface area contributed by atoms with Crippen molar-refractivity contribution in [3.8, 4) is 0 Å². The fourth-order valence-corrected chi connectivity index (χ4v) is 2.98. The van der Waals surface area contributed by atoms with Crippen LogP contribution in [0.2, 0.25) is 0 Å². The molecule has 1 aliphatic rings. The molecule has 0 unspecified atom stereocenters. The van der Waals surface area contributed by atoms with Crippen LogP contribution < -0.4 is 10.6 Å². The molecule has 2 N–H and O–H groups in total. The van der Waals surface area contributed by atoms with Crippen molar-refractivity contribution in [2.24, 2.45) is 10.9 Å². The minimum Gasteiger partial charge on any atom is -0.465 e. The van der Waals surface area contributed by atoms with Crippen LogP contribution in [-0.2, 0) is 20.8 Å². The number of furan rings is 1. The Morgan fingerprint density at radius 2 is 2.11 bits per heavy atom. The molecule has 1 aromatic rings. The summed E-state index contributed by atoms with van der Waals surface area (Å²) >= 11 is 0. The number of aryl methyl sites for hydroxylation is 1. The number of hydrogen-bond donors (Lipinski definition) is 2. The highest BCUT2D eigenvalue weighted by atomic mass is 16.5. The van der Waals surface area contributed by atoms with Gasteiger partial charge in [0, 0.05) is 39.5 Å². The maximum Gasteiger partial charge on any atom is 0.341 e.